The number of carbonyl (C=O) groups is 1. The Morgan fingerprint density at radius 1 is 1.26 bits per heavy atom. The minimum absolute atomic E-state index is 0.164. The van der Waals surface area contributed by atoms with Crippen LogP contribution < -0.4 is 16.4 Å². The highest BCUT2D eigenvalue weighted by Crippen LogP contribution is 2.31. The number of hydrogen-bond donors (Lipinski definition) is 2. The molecule has 4 heteroatoms. The lowest BCUT2D eigenvalue weighted by Gasteiger charge is -2.34. The summed E-state index contributed by atoms with van der Waals surface area (Å²) in [6, 6.07) is 6.49. The van der Waals surface area contributed by atoms with Gasteiger partial charge in [-0.3, -0.25) is 4.79 Å². The third-order valence-corrected chi connectivity index (χ3v) is 3.74. The lowest BCUT2D eigenvalue weighted by Crippen LogP contribution is -2.42. The number of aryl methyl sites for hydroxylation is 1. The van der Waals surface area contributed by atoms with Gasteiger partial charge in [0.1, 0.15) is 0 Å². The van der Waals surface area contributed by atoms with Crippen molar-refractivity contribution in [2.45, 2.75) is 38.6 Å². The van der Waals surface area contributed by atoms with Gasteiger partial charge in [-0.05, 0) is 56.5 Å². The zero-order chi connectivity index (χ0) is 13.8. The Labute approximate surface area is 114 Å². The number of hydrogen-bond acceptors (Lipinski definition) is 3. The van der Waals surface area contributed by atoms with Crippen LogP contribution in [0.15, 0.2) is 18.2 Å². The Morgan fingerprint density at radius 3 is 2.74 bits per heavy atom. The molecule has 1 aromatic carbocycles. The van der Waals surface area contributed by atoms with E-state index < -0.39 is 0 Å². The molecule has 1 aliphatic heterocycles. The zero-order valence-corrected chi connectivity index (χ0v) is 11.6. The van der Waals surface area contributed by atoms with Gasteiger partial charge < -0.3 is 16.4 Å². The number of nitrogens with zero attached hydrogens (tertiary/aromatic N) is 1. The molecule has 4 nitrogen and oxygen atoms in total. The molecule has 1 amide bonds. The van der Waals surface area contributed by atoms with Gasteiger partial charge in [-0.1, -0.05) is 12.1 Å². The Balaban J connectivity index is 2.31. The molecule has 0 spiro atoms. The first-order valence-corrected chi connectivity index (χ1v) is 7.01. The van der Waals surface area contributed by atoms with Gasteiger partial charge in [-0.2, -0.15) is 0 Å². The fraction of sp³-hybridized carbons (Fsp3) is 0.533. The number of anilines is 1. The largest absolute Gasteiger partial charge is 0.330 e. The maximum absolute atomic E-state index is 12.1. The van der Waals surface area contributed by atoms with Crippen LogP contribution in [0.25, 0.3) is 0 Å². The second-order valence-corrected chi connectivity index (χ2v) is 5.19. The van der Waals surface area contributed by atoms with Gasteiger partial charge in [-0.25, -0.2) is 0 Å². The van der Waals surface area contributed by atoms with Crippen LogP contribution in [0.4, 0.5) is 5.69 Å². The van der Waals surface area contributed by atoms with Crippen LogP contribution in [0.1, 0.15) is 30.9 Å². The van der Waals surface area contributed by atoms with Crippen molar-refractivity contribution < 1.29 is 4.79 Å². The molecule has 0 saturated heterocycles. The van der Waals surface area contributed by atoms with Gasteiger partial charge in [0.05, 0.1) is 0 Å². The summed E-state index contributed by atoms with van der Waals surface area (Å²) in [4.78, 5) is 14.1. The Kier molecular flexibility index (Phi) is 4.56. The summed E-state index contributed by atoms with van der Waals surface area (Å²) in [6.45, 7) is 3.32. The van der Waals surface area contributed by atoms with E-state index in [0.717, 1.165) is 24.9 Å². The first kappa shape index (κ1) is 14.0. The zero-order valence-electron chi connectivity index (χ0n) is 11.6. The molecule has 0 aromatic heterocycles. The number of nitrogens with two attached hydrogens (primary N) is 2. The molecule has 0 saturated carbocycles. The molecule has 1 aromatic rings. The summed E-state index contributed by atoms with van der Waals surface area (Å²) in [6.07, 6.45) is 3.14. The summed E-state index contributed by atoms with van der Waals surface area (Å²) in [5.41, 5.74) is 14.8. The molecular weight excluding hydrogens is 238 g/mol. The van der Waals surface area contributed by atoms with Crippen LogP contribution in [-0.2, 0) is 17.6 Å². The first-order valence-electron chi connectivity index (χ1n) is 7.01. The molecule has 0 fully saturated rings. The van der Waals surface area contributed by atoms with Crippen LogP contribution in [0.2, 0.25) is 0 Å². The molecule has 0 radical (unpaired) electrons. The lowest BCUT2D eigenvalue weighted by atomic mass is 9.96. The van der Waals surface area contributed by atoms with Crippen molar-refractivity contribution in [3.8, 4) is 0 Å². The number of fused-ring (bicyclic) bond motifs is 1. The van der Waals surface area contributed by atoms with E-state index in [9.17, 15) is 4.79 Å². The summed E-state index contributed by atoms with van der Waals surface area (Å²) in [7, 11) is 0. The predicted octanol–water partition coefficient (Wildman–Crippen LogP) is 1.20. The van der Waals surface area contributed by atoms with Crippen LogP contribution in [-0.4, -0.2) is 25.0 Å². The quantitative estimate of drug-likeness (QED) is 0.836. The van der Waals surface area contributed by atoms with E-state index in [0.29, 0.717) is 19.5 Å². The molecular formula is C15H23N3O. The molecule has 1 atom stereocenters. The van der Waals surface area contributed by atoms with Crippen LogP contribution >= 0.6 is 0 Å². The minimum atomic E-state index is 0.164. The molecule has 0 aliphatic carbocycles. The lowest BCUT2D eigenvalue weighted by molar-refractivity contribution is -0.119. The highest BCUT2D eigenvalue weighted by atomic mass is 16.2. The van der Waals surface area contributed by atoms with E-state index in [-0.39, 0.29) is 11.9 Å². The number of benzene rings is 1. The SMILES string of the molecule is CC(CCN)N1C(=O)CCc2cc(CCN)ccc21. The average Bonchev–Trinajstić information content (AvgIpc) is 2.39. The third kappa shape index (κ3) is 2.96. The van der Waals surface area contributed by atoms with Crippen LogP contribution in [0, 0.1) is 0 Å². The van der Waals surface area contributed by atoms with Gasteiger partial charge in [0.15, 0.2) is 0 Å². The van der Waals surface area contributed by atoms with Crippen molar-refractivity contribution in [1.29, 1.82) is 0 Å². The molecule has 104 valence electrons. The summed E-state index contributed by atoms with van der Waals surface area (Å²) in [5, 5.41) is 0. The molecule has 2 rings (SSSR count). The van der Waals surface area contributed by atoms with Gasteiger partial charge >= 0.3 is 0 Å². The number of amides is 1. The highest BCUT2D eigenvalue weighted by Gasteiger charge is 2.27. The smallest absolute Gasteiger partial charge is 0.227 e. The van der Waals surface area contributed by atoms with Crippen molar-refractivity contribution in [3.63, 3.8) is 0 Å². The first-order chi connectivity index (χ1) is 9.17. The number of rotatable bonds is 5. The molecule has 1 unspecified atom stereocenters. The second-order valence-electron chi connectivity index (χ2n) is 5.19. The molecule has 1 aliphatic rings. The van der Waals surface area contributed by atoms with Crippen molar-refractivity contribution in [3.05, 3.63) is 29.3 Å². The standard InChI is InChI=1S/C15H23N3O/c1-11(6-8-16)18-14-4-2-12(7-9-17)10-13(14)3-5-15(18)19/h2,4,10-11H,3,5-9,16-17H2,1H3. The van der Waals surface area contributed by atoms with Gasteiger partial charge in [-0.15, -0.1) is 0 Å². The summed E-state index contributed by atoms with van der Waals surface area (Å²) in [5.74, 6) is 0.208. The van der Waals surface area contributed by atoms with Crippen molar-refractivity contribution in [2.75, 3.05) is 18.0 Å². The summed E-state index contributed by atoms with van der Waals surface area (Å²) < 4.78 is 0. The molecule has 4 N–H and O–H groups in total. The van der Waals surface area contributed by atoms with E-state index in [1.54, 1.807) is 0 Å². The van der Waals surface area contributed by atoms with E-state index in [2.05, 4.69) is 25.1 Å². The van der Waals surface area contributed by atoms with Gasteiger partial charge in [0, 0.05) is 18.2 Å². The monoisotopic (exact) mass is 261 g/mol. The molecule has 0 bridgehead atoms. The van der Waals surface area contributed by atoms with E-state index in [1.165, 1.54) is 11.1 Å². The second kappa shape index (κ2) is 6.17. The van der Waals surface area contributed by atoms with Crippen molar-refractivity contribution in [2.24, 2.45) is 11.5 Å². The van der Waals surface area contributed by atoms with Crippen molar-refractivity contribution >= 4 is 11.6 Å². The molecule has 1 heterocycles. The van der Waals surface area contributed by atoms with Crippen LogP contribution in [0.5, 0.6) is 0 Å². The number of carbonyl (C=O) groups excluding carboxylic acids is 1. The van der Waals surface area contributed by atoms with E-state index in [4.69, 9.17) is 11.5 Å². The fourth-order valence-corrected chi connectivity index (χ4v) is 2.75. The van der Waals surface area contributed by atoms with E-state index >= 15 is 0 Å². The van der Waals surface area contributed by atoms with Gasteiger partial charge in [0.25, 0.3) is 0 Å². The average molecular weight is 261 g/mol. The van der Waals surface area contributed by atoms with Crippen molar-refractivity contribution in [1.82, 2.24) is 0 Å². The van der Waals surface area contributed by atoms with E-state index in [1.807, 2.05) is 4.90 Å². The minimum Gasteiger partial charge on any atom is -0.330 e. The Bertz CT molecular complexity index is 459. The summed E-state index contributed by atoms with van der Waals surface area (Å²) >= 11 is 0. The van der Waals surface area contributed by atoms with Gasteiger partial charge in [0.2, 0.25) is 5.91 Å². The maximum atomic E-state index is 12.1. The highest BCUT2D eigenvalue weighted by molar-refractivity contribution is 5.97. The third-order valence-electron chi connectivity index (χ3n) is 3.74. The fourth-order valence-electron chi connectivity index (χ4n) is 2.75. The topological polar surface area (TPSA) is 72.3 Å². The maximum Gasteiger partial charge on any atom is 0.227 e. The normalized spacial score (nSPS) is 16.4. The predicted molar refractivity (Wildman–Crippen MR) is 78.1 cm³/mol. The Hall–Kier alpha value is -1.39. The molecule has 19 heavy (non-hydrogen) atoms. The van der Waals surface area contributed by atoms with Crippen LogP contribution in [0.3, 0.4) is 0 Å². The Morgan fingerprint density at radius 2 is 2.05 bits per heavy atom.